The predicted octanol–water partition coefficient (Wildman–Crippen LogP) is 4.92. The van der Waals surface area contributed by atoms with Crippen molar-refractivity contribution in [2.45, 2.75) is 33.2 Å². The van der Waals surface area contributed by atoms with Crippen molar-refractivity contribution in [3.63, 3.8) is 0 Å². The monoisotopic (exact) mass is 283 g/mol. The summed E-state index contributed by atoms with van der Waals surface area (Å²) >= 11 is 0. The zero-order valence-corrected chi connectivity index (χ0v) is 13.3. The second-order valence-electron chi connectivity index (χ2n) is 5.27. The molecule has 0 aliphatic rings. The van der Waals surface area contributed by atoms with Crippen molar-refractivity contribution in [3.05, 3.63) is 42.5 Å². The van der Waals surface area contributed by atoms with E-state index in [1.807, 2.05) is 0 Å². The maximum atomic E-state index is 2.42. The van der Waals surface area contributed by atoms with E-state index >= 15 is 0 Å². The van der Waals surface area contributed by atoms with Crippen molar-refractivity contribution < 1.29 is 0 Å². The van der Waals surface area contributed by atoms with Gasteiger partial charge in [-0.1, -0.05) is 46.2 Å². The highest BCUT2D eigenvalue weighted by Crippen LogP contribution is 2.29. The van der Waals surface area contributed by atoms with Gasteiger partial charge in [0.25, 0.3) is 0 Å². The van der Waals surface area contributed by atoms with Gasteiger partial charge in [0.05, 0.1) is 0 Å². The molecule has 2 heteroatoms. The van der Waals surface area contributed by atoms with E-state index in [0.717, 1.165) is 15.1 Å². The topological polar surface area (TPSA) is 4.93 Å². The molecule has 2 aromatic carbocycles. The molecule has 3 aromatic rings. The van der Waals surface area contributed by atoms with E-state index in [1.54, 1.807) is 0 Å². The Kier molecular flexibility index (Phi) is 4.08. The molecule has 0 saturated heterocycles. The first kappa shape index (κ1) is 13.6. The Morgan fingerprint density at radius 2 is 1.75 bits per heavy atom. The second-order valence-corrected chi connectivity index (χ2v) is 6.70. The summed E-state index contributed by atoms with van der Waals surface area (Å²) in [4.78, 5) is 0. The summed E-state index contributed by atoms with van der Waals surface area (Å²) in [7, 11) is 0.946. The van der Waals surface area contributed by atoms with E-state index in [1.165, 1.54) is 46.1 Å². The minimum atomic E-state index is 0.946. The van der Waals surface area contributed by atoms with E-state index in [0.29, 0.717) is 0 Å². The number of hydrogen-bond donors (Lipinski definition) is 0. The highest BCUT2D eigenvalue weighted by Gasteiger charge is 2.09. The molecule has 1 aromatic heterocycles. The quantitative estimate of drug-likeness (QED) is 0.463. The summed E-state index contributed by atoms with van der Waals surface area (Å²) in [5.41, 5.74) is 2.73. The Bertz CT molecular complexity index is 727. The maximum absolute atomic E-state index is 2.42. The number of nitrogens with zero attached hydrogens (tertiary/aromatic N) is 1. The highest BCUT2D eigenvalue weighted by molar-refractivity contribution is 7.47. The normalized spacial score (nSPS) is 12.1. The zero-order chi connectivity index (χ0) is 13.9. The van der Waals surface area contributed by atoms with Gasteiger partial charge in [-0.25, -0.2) is 0 Å². The van der Waals surface area contributed by atoms with E-state index in [4.69, 9.17) is 0 Å². The lowest BCUT2D eigenvalue weighted by Crippen LogP contribution is -1.97. The molecule has 20 heavy (non-hydrogen) atoms. The van der Waals surface area contributed by atoms with Crippen LogP contribution in [0.1, 0.15) is 26.7 Å². The zero-order valence-electron chi connectivity index (χ0n) is 12.3. The first-order chi connectivity index (χ1) is 9.85. The molecule has 0 saturated carbocycles. The van der Waals surface area contributed by atoms with Crippen LogP contribution in [0.5, 0.6) is 0 Å². The first-order valence-electron chi connectivity index (χ1n) is 7.60. The number of fused-ring (bicyclic) bond motifs is 3. The summed E-state index contributed by atoms with van der Waals surface area (Å²) in [5.74, 6) is 0. The molecule has 1 atom stereocenters. The molecule has 104 valence electrons. The Balaban J connectivity index is 2.11. The number of hydrogen-bond acceptors (Lipinski definition) is 0. The Morgan fingerprint density at radius 3 is 2.55 bits per heavy atom. The summed E-state index contributed by atoms with van der Waals surface area (Å²) in [6.45, 7) is 5.52. The first-order valence-corrected chi connectivity index (χ1v) is 8.80. The van der Waals surface area contributed by atoms with Gasteiger partial charge in [0, 0.05) is 28.4 Å². The van der Waals surface area contributed by atoms with Crippen LogP contribution in [0.15, 0.2) is 42.5 Å². The summed E-state index contributed by atoms with van der Waals surface area (Å²) in [6, 6.07) is 15.8. The molecule has 0 radical (unpaired) electrons. The summed E-state index contributed by atoms with van der Waals surface area (Å²) < 4.78 is 2.42. The molecular weight excluding hydrogens is 261 g/mol. The van der Waals surface area contributed by atoms with Crippen molar-refractivity contribution in [3.8, 4) is 0 Å². The maximum Gasteiger partial charge on any atom is 0.0491 e. The van der Waals surface area contributed by atoms with Gasteiger partial charge >= 0.3 is 0 Å². The van der Waals surface area contributed by atoms with Crippen molar-refractivity contribution in [1.82, 2.24) is 4.57 Å². The van der Waals surface area contributed by atoms with Gasteiger partial charge in [-0.15, -0.1) is 0 Å². The largest absolute Gasteiger partial charge is 0.341 e. The summed E-state index contributed by atoms with van der Waals surface area (Å²) in [5, 5.41) is 4.32. The van der Waals surface area contributed by atoms with Crippen molar-refractivity contribution in [1.29, 1.82) is 0 Å². The van der Waals surface area contributed by atoms with Crippen LogP contribution in [-0.4, -0.2) is 10.7 Å². The van der Waals surface area contributed by atoms with Gasteiger partial charge in [-0.05, 0) is 43.0 Å². The molecule has 3 rings (SSSR count). The molecule has 0 bridgehead atoms. The third-order valence-electron chi connectivity index (χ3n) is 3.95. The highest BCUT2D eigenvalue weighted by atomic mass is 31.1. The van der Waals surface area contributed by atoms with E-state index in [-0.39, 0.29) is 0 Å². The Labute approximate surface area is 122 Å². The Hall–Kier alpha value is -1.33. The van der Waals surface area contributed by atoms with Crippen LogP contribution < -0.4 is 5.30 Å². The molecule has 0 N–H and O–H groups in total. The third kappa shape index (κ3) is 2.36. The van der Waals surface area contributed by atoms with Crippen LogP contribution in [-0.2, 0) is 6.54 Å². The molecule has 0 fully saturated rings. The van der Waals surface area contributed by atoms with E-state index < -0.39 is 0 Å². The van der Waals surface area contributed by atoms with Crippen LogP contribution in [0.4, 0.5) is 0 Å². The smallest absolute Gasteiger partial charge is 0.0491 e. The van der Waals surface area contributed by atoms with Crippen LogP contribution in [0.25, 0.3) is 21.8 Å². The lowest BCUT2D eigenvalue weighted by atomic mass is 10.1. The number of para-hydroxylation sites is 1. The van der Waals surface area contributed by atoms with Crippen LogP contribution in [0, 0.1) is 0 Å². The second kappa shape index (κ2) is 5.97. The lowest BCUT2D eigenvalue weighted by Gasteiger charge is -2.04. The SMILES string of the molecule is CCCCPc1ccc2c(c1)c1ccccc1n2CC. The minimum Gasteiger partial charge on any atom is -0.341 e. The summed E-state index contributed by atoms with van der Waals surface area (Å²) in [6.07, 6.45) is 3.96. The Morgan fingerprint density at radius 1 is 0.950 bits per heavy atom. The van der Waals surface area contributed by atoms with Gasteiger partial charge in [0.15, 0.2) is 0 Å². The third-order valence-corrected chi connectivity index (χ3v) is 5.27. The lowest BCUT2D eigenvalue weighted by molar-refractivity contribution is 0.827. The van der Waals surface area contributed by atoms with Gasteiger partial charge < -0.3 is 4.57 Å². The molecule has 1 nitrogen and oxygen atoms in total. The van der Waals surface area contributed by atoms with Crippen molar-refractivity contribution in [2.24, 2.45) is 0 Å². The number of rotatable bonds is 5. The van der Waals surface area contributed by atoms with Gasteiger partial charge in [0.2, 0.25) is 0 Å². The standard InChI is InChI=1S/C18H22NP/c1-3-5-12-20-14-10-11-18-16(13-14)15-8-6-7-9-17(15)19(18)4-2/h6-11,13,20H,3-5,12H2,1-2H3. The van der Waals surface area contributed by atoms with Crippen LogP contribution in [0.2, 0.25) is 0 Å². The fourth-order valence-corrected chi connectivity index (χ4v) is 4.18. The van der Waals surface area contributed by atoms with Crippen LogP contribution >= 0.6 is 8.58 Å². The number of aromatic nitrogens is 1. The average Bonchev–Trinajstić information content (AvgIpc) is 2.81. The van der Waals surface area contributed by atoms with E-state index in [9.17, 15) is 0 Å². The molecule has 0 aliphatic heterocycles. The van der Waals surface area contributed by atoms with Crippen molar-refractivity contribution >= 4 is 35.7 Å². The van der Waals surface area contributed by atoms with Crippen molar-refractivity contribution in [2.75, 3.05) is 6.16 Å². The number of unbranched alkanes of at least 4 members (excludes halogenated alkanes) is 1. The average molecular weight is 283 g/mol. The molecular formula is C18H22NP. The fourth-order valence-electron chi connectivity index (χ4n) is 2.91. The fraction of sp³-hybridized carbons (Fsp3) is 0.333. The van der Waals surface area contributed by atoms with Gasteiger partial charge in [-0.2, -0.15) is 0 Å². The number of aryl methyl sites for hydroxylation is 1. The van der Waals surface area contributed by atoms with Crippen LogP contribution in [0.3, 0.4) is 0 Å². The van der Waals surface area contributed by atoms with Gasteiger partial charge in [-0.3, -0.25) is 0 Å². The van der Waals surface area contributed by atoms with Gasteiger partial charge in [0.1, 0.15) is 0 Å². The minimum absolute atomic E-state index is 0.946. The molecule has 1 heterocycles. The number of benzene rings is 2. The molecule has 0 spiro atoms. The van der Waals surface area contributed by atoms with E-state index in [2.05, 4.69) is 60.9 Å². The molecule has 1 unspecified atom stereocenters. The predicted molar refractivity (Wildman–Crippen MR) is 92.8 cm³/mol. The molecule has 0 aliphatic carbocycles. The molecule has 0 amide bonds.